The number of benzene rings is 5. The minimum atomic E-state index is 0.859. The van der Waals surface area contributed by atoms with Gasteiger partial charge in [-0.1, -0.05) is 103 Å². The number of hydrogen-bond acceptors (Lipinski definition) is 1. The topological polar surface area (TPSA) is 13.1 Å². The van der Waals surface area contributed by atoms with Crippen LogP contribution in [0.5, 0.6) is 0 Å². The molecule has 1 heterocycles. The summed E-state index contributed by atoms with van der Waals surface area (Å²) < 4.78 is 6.68. The van der Waals surface area contributed by atoms with Gasteiger partial charge < -0.3 is 4.42 Å². The van der Waals surface area contributed by atoms with Gasteiger partial charge in [-0.3, -0.25) is 0 Å². The maximum absolute atomic E-state index is 6.68. The molecule has 0 N–H and O–H groups in total. The van der Waals surface area contributed by atoms with Gasteiger partial charge in [0.05, 0.1) is 0 Å². The Morgan fingerprint density at radius 3 is 2.29 bits per heavy atom. The molecule has 0 aliphatic rings. The third-order valence-corrected chi connectivity index (χ3v) is 6.13. The first-order chi connectivity index (χ1) is 15.3. The number of fused-ring (bicyclic) bond motifs is 5. The molecule has 6 aromatic rings. The first-order valence-electron chi connectivity index (χ1n) is 10.7. The highest BCUT2D eigenvalue weighted by atomic mass is 16.3. The van der Waals surface area contributed by atoms with Gasteiger partial charge in [0.15, 0.2) is 0 Å². The van der Waals surface area contributed by atoms with Crippen molar-refractivity contribution in [3.8, 4) is 11.1 Å². The van der Waals surface area contributed by atoms with Crippen molar-refractivity contribution in [1.82, 2.24) is 0 Å². The fourth-order valence-electron chi connectivity index (χ4n) is 4.72. The zero-order valence-corrected chi connectivity index (χ0v) is 17.4. The van der Waals surface area contributed by atoms with Crippen LogP contribution in [0.25, 0.3) is 43.8 Å². The zero-order chi connectivity index (χ0) is 20.8. The van der Waals surface area contributed by atoms with E-state index in [1.165, 1.54) is 43.8 Å². The van der Waals surface area contributed by atoms with Crippen molar-refractivity contribution in [1.29, 1.82) is 0 Å². The van der Waals surface area contributed by atoms with Crippen LogP contribution >= 0.6 is 0 Å². The van der Waals surface area contributed by atoms with E-state index >= 15 is 0 Å². The smallest absolute Gasteiger partial charge is 0.143 e. The largest absolute Gasteiger partial charge is 0.455 e. The highest BCUT2D eigenvalue weighted by Crippen LogP contribution is 2.41. The maximum Gasteiger partial charge on any atom is 0.143 e. The van der Waals surface area contributed by atoms with Crippen molar-refractivity contribution in [2.75, 3.05) is 0 Å². The van der Waals surface area contributed by atoms with E-state index in [9.17, 15) is 0 Å². The maximum atomic E-state index is 6.68. The van der Waals surface area contributed by atoms with E-state index in [0.717, 1.165) is 23.2 Å². The predicted octanol–water partition coefficient (Wildman–Crippen LogP) is 8.31. The molecule has 148 valence electrons. The number of furan rings is 1. The van der Waals surface area contributed by atoms with Crippen LogP contribution in [0.15, 0.2) is 108 Å². The zero-order valence-electron chi connectivity index (χ0n) is 17.4. The highest BCUT2D eigenvalue weighted by molar-refractivity contribution is 6.22. The summed E-state index contributed by atoms with van der Waals surface area (Å²) in [7, 11) is 0. The summed E-state index contributed by atoms with van der Waals surface area (Å²) in [5.74, 6) is 0. The summed E-state index contributed by atoms with van der Waals surface area (Å²) in [4.78, 5) is 0. The molecule has 0 fully saturated rings. The Morgan fingerprint density at radius 1 is 0.645 bits per heavy atom. The van der Waals surface area contributed by atoms with Crippen LogP contribution in [0.2, 0.25) is 0 Å². The minimum Gasteiger partial charge on any atom is -0.455 e. The van der Waals surface area contributed by atoms with Crippen LogP contribution in [-0.2, 0) is 6.42 Å². The van der Waals surface area contributed by atoms with Gasteiger partial charge in [0.1, 0.15) is 11.2 Å². The van der Waals surface area contributed by atoms with Crippen LogP contribution in [0.3, 0.4) is 0 Å². The van der Waals surface area contributed by atoms with E-state index in [4.69, 9.17) is 4.42 Å². The van der Waals surface area contributed by atoms with E-state index in [1.807, 2.05) is 0 Å². The molecule has 0 radical (unpaired) electrons. The lowest BCUT2D eigenvalue weighted by molar-refractivity contribution is 0.665. The van der Waals surface area contributed by atoms with Gasteiger partial charge in [-0.25, -0.2) is 0 Å². The van der Waals surface area contributed by atoms with Crippen molar-refractivity contribution in [3.63, 3.8) is 0 Å². The lowest BCUT2D eigenvalue weighted by atomic mass is 9.95. The fourth-order valence-corrected chi connectivity index (χ4v) is 4.72. The second-order valence-corrected chi connectivity index (χ2v) is 8.28. The van der Waals surface area contributed by atoms with Crippen LogP contribution in [0, 0.1) is 6.92 Å². The second-order valence-electron chi connectivity index (χ2n) is 8.28. The molecular weight excluding hydrogens is 376 g/mol. The monoisotopic (exact) mass is 398 g/mol. The molecule has 31 heavy (non-hydrogen) atoms. The molecule has 0 saturated carbocycles. The molecule has 0 aliphatic heterocycles. The highest BCUT2D eigenvalue weighted by Gasteiger charge is 2.18. The quantitative estimate of drug-likeness (QED) is 0.292. The van der Waals surface area contributed by atoms with Crippen molar-refractivity contribution >= 4 is 32.7 Å². The molecule has 0 amide bonds. The summed E-state index contributed by atoms with van der Waals surface area (Å²) >= 11 is 0. The predicted molar refractivity (Wildman–Crippen MR) is 131 cm³/mol. The molecular formula is C30H22O. The SMILES string of the molecule is Cc1cccc(Cc2cccc3c2oc2c(-c4ccccc4)cc4ccccc4c23)c1. The van der Waals surface area contributed by atoms with Crippen LogP contribution < -0.4 is 0 Å². The molecule has 0 spiro atoms. The van der Waals surface area contributed by atoms with Crippen molar-refractivity contribution in [2.45, 2.75) is 13.3 Å². The molecule has 6 rings (SSSR count). The van der Waals surface area contributed by atoms with Crippen LogP contribution in [0.4, 0.5) is 0 Å². The normalized spacial score (nSPS) is 11.5. The Morgan fingerprint density at radius 2 is 1.42 bits per heavy atom. The van der Waals surface area contributed by atoms with Crippen molar-refractivity contribution in [3.05, 3.63) is 120 Å². The third-order valence-electron chi connectivity index (χ3n) is 6.13. The number of hydrogen-bond donors (Lipinski definition) is 0. The Hall–Kier alpha value is -3.84. The lowest BCUT2D eigenvalue weighted by Gasteiger charge is -2.06. The summed E-state index contributed by atoms with van der Waals surface area (Å²) in [5.41, 5.74) is 8.10. The standard InChI is InChI=1S/C30H22O/c1-20-9-7-10-21(17-20)18-24-14-8-16-26-28-25-15-6-5-13-23(25)19-27(30(28)31-29(24)26)22-11-3-2-4-12-22/h2-17,19H,18H2,1H3. The van der Waals surface area contributed by atoms with E-state index in [1.54, 1.807) is 0 Å². The summed E-state index contributed by atoms with van der Waals surface area (Å²) in [6, 6.07) is 36.7. The van der Waals surface area contributed by atoms with Crippen LogP contribution in [-0.4, -0.2) is 0 Å². The summed E-state index contributed by atoms with van der Waals surface area (Å²) in [5, 5.41) is 4.87. The molecule has 1 aromatic heterocycles. The first-order valence-corrected chi connectivity index (χ1v) is 10.7. The molecule has 0 saturated heterocycles. The second kappa shape index (κ2) is 7.14. The number of aryl methyl sites for hydroxylation is 1. The van der Waals surface area contributed by atoms with Gasteiger partial charge in [0.2, 0.25) is 0 Å². The van der Waals surface area contributed by atoms with Gasteiger partial charge in [-0.15, -0.1) is 0 Å². The average Bonchev–Trinajstić information content (AvgIpc) is 3.20. The number of rotatable bonds is 3. The third kappa shape index (κ3) is 3.02. The minimum absolute atomic E-state index is 0.859. The van der Waals surface area contributed by atoms with Crippen molar-refractivity contribution in [2.24, 2.45) is 0 Å². The Bertz CT molecular complexity index is 1550. The van der Waals surface area contributed by atoms with E-state index in [2.05, 4.69) is 110 Å². The van der Waals surface area contributed by atoms with Crippen LogP contribution in [0.1, 0.15) is 16.7 Å². The Labute approximate surface area is 181 Å². The lowest BCUT2D eigenvalue weighted by Crippen LogP contribution is -1.89. The molecule has 0 unspecified atom stereocenters. The molecule has 0 aliphatic carbocycles. The molecule has 5 aromatic carbocycles. The Kier molecular flexibility index (Phi) is 4.14. The van der Waals surface area contributed by atoms with E-state index < -0.39 is 0 Å². The first kappa shape index (κ1) is 18.0. The van der Waals surface area contributed by atoms with Gasteiger partial charge in [0.25, 0.3) is 0 Å². The van der Waals surface area contributed by atoms with Gasteiger partial charge >= 0.3 is 0 Å². The molecule has 1 heteroatoms. The molecule has 0 atom stereocenters. The Balaban J connectivity index is 1.68. The average molecular weight is 399 g/mol. The van der Waals surface area contributed by atoms with Gasteiger partial charge in [0, 0.05) is 22.8 Å². The van der Waals surface area contributed by atoms with Gasteiger partial charge in [-0.05, 0) is 40.5 Å². The summed E-state index contributed by atoms with van der Waals surface area (Å²) in [6.07, 6.45) is 0.859. The number of para-hydroxylation sites is 1. The van der Waals surface area contributed by atoms with E-state index in [0.29, 0.717) is 0 Å². The molecule has 0 bridgehead atoms. The van der Waals surface area contributed by atoms with Gasteiger partial charge in [-0.2, -0.15) is 0 Å². The fraction of sp³-hybridized carbons (Fsp3) is 0.0667. The molecule has 1 nitrogen and oxygen atoms in total. The van der Waals surface area contributed by atoms with E-state index in [-0.39, 0.29) is 0 Å². The summed E-state index contributed by atoms with van der Waals surface area (Å²) in [6.45, 7) is 2.14. The van der Waals surface area contributed by atoms with Crippen molar-refractivity contribution < 1.29 is 4.42 Å².